The van der Waals surface area contributed by atoms with Crippen molar-refractivity contribution in [2.45, 2.75) is 31.6 Å². The van der Waals surface area contributed by atoms with E-state index in [4.69, 9.17) is 0 Å². The number of carbonyl (C=O) groups excluding carboxylic acids is 1. The first-order valence-corrected chi connectivity index (χ1v) is 9.33. The molecular formula is C16H21NO5S. The molecule has 1 amide bonds. The zero-order valence-corrected chi connectivity index (χ0v) is 14.3. The van der Waals surface area contributed by atoms with Crippen molar-refractivity contribution in [3.63, 3.8) is 0 Å². The summed E-state index contributed by atoms with van der Waals surface area (Å²) < 4.78 is 23.4. The number of aliphatic carboxylic acids is 1. The van der Waals surface area contributed by atoms with Gasteiger partial charge in [0.2, 0.25) is 0 Å². The Balaban J connectivity index is 2.38. The number of carbonyl (C=O) groups is 2. The zero-order chi connectivity index (χ0) is 17.4. The molecule has 0 aromatic heterocycles. The van der Waals surface area contributed by atoms with Crippen LogP contribution in [0, 0.1) is 5.41 Å². The molecule has 0 aliphatic carbocycles. The minimum atomic E-state index is -3.41. The fourth-order valence-electron chi connectivity index (χ4n) is 2.77. The van der Waals surface area contributed by atoms with Gasteiger partial charge >= 0.3 is 5.97 Å². The third-order valence-corrected chi connectivity index (χ3v) is 5.51. The van der Waals surface area contributed by atoms with Crippen LogP contribution in [-0.2, 0) is 21.1 Å². The average molecular weight is 339 g/mol. The van der Waals surface area contributed by atoms with Crippen molar-refractivity contribution in [2.75, 3.05) is 19.3 Å². The fraction of sp³-hybridized carbons (Fsp3) is 0.500. The first-order chi connectivity index (χ1) is 10.6. The van der Waals surface area contributed by atoms with Gasteiger partial charge in [0.15, 0.2) is 9.84 Å². The van der Waals surface area contributed by atoms with E-state index in [0.717, 1.165) is 11.8 Å². The van der Waals surface area contributed by atoms with Gasteiger partial charge in [-0.25, -0.2) is 8.42 Å². The van der Waals surface area contributed by atoms with Crippen LogP contribution in [0.1, 0.15) is 36.2 Å². The van der Waals surface area contributed by atoms with Crippen molar-refractivity contribution < 1.29 is 23.1 Å². The Kier molecular flexibility index (Phi) is 4.52. The van der Waals surface area contributed by atoms with E-state index in [2.05, 4.69) is 0 Å². The van der Waals surface area contributed by atoms with E-state index in [-0.39, 0.29) is 17.3 Å². The first-order valence-electron chi connectivity index (χ1n) is 7.44. The third-order valence-electron chi connectivity index (χ3n) is 4.40. The highest BCUT2D eigenvalue weighted by atomic mass is 32.2. The molecule has 2 rings (SSSR count). The lowest BCUT2D eigenvalue weighted by molar-refractivity contribution is -0.147. The Labute approximate surface area is 136 Å². The molecule has 1 atom stereocenters. The van der Waals surface area contributed by atoms with Gasteiger partial charge in [0.25, 0.3) is 5.91 Å². The number of rotatable bonds is 4. The largest absolute Gasteiger partial charge is 0.481 e. The lowest BCUT2D eigenvalue weighted by Gasteiger charge is -2.21. The van der Waals surface area contributed by atoms with E-state index in [1.165, 1.54) is 17.0 Å². The van der Waals surface area contributed by atoms with Gasteiger partial charge in [0, 0.05) is 24.9 Å². The first kappa shape index (κ1) is 17.5. The Morgan fingerprint density at radius 3 is 2.48 bits per heavy atom. The van der Waals surface area contributed by atoms with Gasteiger partial charge in [-0.1, -0.05) is 13.0 Å². The minimum absolute atomic E-state index is 0.0956. The molecule has 1 N–H and O–H groups in total. The summed E-state index contributed by atoms with van der Waals surface area (Å²) >= 11 is 0. The van der Waals surface area contributed by atoms with Crippen LogP contribution in [0.4, 0.5) is 0 Å². The summed E-state index contributed by atoms with van der Waals surface area (Å²) in [5.41, 5.74) is 0.146. The summed E-state index contributed by atoms with van der Waals surface area (Å²) in [5, 5.41) is 9.28. The lowest BCUT2D eigenvalue weighted by Crippen LogP contribution is -2.35. The van der Waals surface area contributed by atoms with Gasteiger partial charge in [0.1, 0.15) is 0 Å². The fourth-order valence-corrected chi connectivity index (χ4v) is 3.42. The van der Waals surface area contributed by atoms with Crippen molar-refractivity contribution in [1.29, 1.82) is 0 Å². The molecule has 0 radical (unpaired) electrons. The summed E-state index contributed by atoms with van der Waals surface area (Å²) in [7, 11) is -3.41. The van der Waals surface area contributed by atoms with E-state index in [1.54, 1.807) is 13.0 Å². The van der Waals surface area contributed by atoms with Crippen LogP contribution in [0.25, 0.3) is 0 Å². The highest BCUT2D eigenvalue weighted by Crippen LogP contribution is 2.31. The van der Waals surface area contributed by atoms with E-state index >= 15 is 0 Å². The number of hydrogen-bond acceptors (Lipinski definition) is 4. The van der Waals surface area contributed by atoms with Crippen molar-refractivity contribution in [3.8, 4) is 0 Å². The van der Waals surface area contributed by atoms with Gasteiger partial charge in [-0.2, -0.15) is 0 Å². The Morgan fingerprint density at radius 1 is 1.35 bits per heavy atom. The number of sulfone groups is 1. The molecule has 1 aromatic rings. The second-order valence-corrected chi connectivity index (χ2v) is 8.30. The van der Waals surface area contributed by atoms with Gasteiger partial charge in [-0.05, 0) is 37.5 Å². The standard InChI is InChI=1S/C16H21NO5S/c1-4-11-5-6-12(23(3,21)22)9-13(11)14(18)17-8-7-16(2,10-17)15(19)20/h5-6,9H,4,7-8,10H2,1-3H3,(H,19,20). The van der Waals surface area contributed by atoms with Gasteiger partial charge in [-0.3, -0.25) is 9.59 Å². The summed E-state index contributed by atoms with van der Waals surface area (Å²) in [6.07, 6.45) is 2.08. The molecule has 1 fully saturated rings. The summed E-state index contributed by atoms with van der Waals surface area (Å²) in [6, 6.07) is 4.54. The highest BCUT2D eigenvalue weighted by molar-refractivity contribution is 7.90. The lowest BCUT2D eigenvalue weighted by atomic mass is 9.90. The molecule has 1 aliphatic rings. The summed E-state index contributed by atoms with van der Waals surface area (Å²) in [6.45, 7) is 4.00. The van der Waals surface area contributed by atoms with Crippen LogP contribution in [0.3, 0.4) is 0 Å². The maximum atomic E-state index is 12.8. The topological polar surface area (TPSA) is 91.8 Å². The van der Waals surface area contributed by atoms with Crippen LogP contribution in [0.5, 0.6) is 0 Å². The van der Waals surface area contributed by atoms with Gasteiger partial charge in [0.05, 0.1) is 10.3 Å². The molecule has 1 saturated heterocycles. The van der Waals surface area contributed by atoms with E-state index in [9.17, 15) is 23.1 Å². The number of likely N-dealkylation sites (tertiary alicyclic amines) is 1. The highest BCUT2D eigenvalue weighted by Gasteiger charge is 2.42. The van der Waals surface area contributed by atoms with Crippen molar-refractivity contribution in [3.05, 3.63) is 29.3 Å². The van der Waals surface area contributed by atoms with Gasteiger partial charge < -0.3 is 10.0 Å². The van der Waals surface area contributed by atoms with E-state index in [1.807, 2.05) is 6.92 Å². The number of amides is 1. The van der Waals surface area contributed by atoms with Crippen molar-refractivity contribution in [1.82, 2.24) is 4.90 Å². The van der Waals surface area contributed by atoms with E-state index in [0.29, 0.717) is 24.9 Å². The smallest absolute Gasteiger partial charge is 0.311 e. The SMILES string of the molecule is CCc1ccc(S(C)(=O)=O)cc1C(=O)N1CCC(C)(C(=O)O)C1. The molecule has 0 spiro atoms. The monoisotopic (exact) mass is 339 g/mol. The average Bonchev–Trinajstić information content (AvgIpc) is 2.89. The Hall–Kier alpha value is -1.89. The molecule has 126 valence electrons. The number of hydrogen-bond donors (Lipinski definition) is 1. The Morgan fingerprint density at radius 2 is 2.00 bits per heavy atom. The maximum Gasteiger partial charge on any atom is 0.311 e. The molecule has 0 bridgehead atoms. The second kappa shape index (κ2) is 5.96. The predicted molar refractivity (Wildman–Crippen MR) is 85.2 cm³/mol. The van der Waals surface area contributed by atoms with Crippen LogP contribution < -0.4 is 0 Å². The zero-order valence-electron chi connectivity index (χ0n) is 13.5. The van der Waals surface area contributed by atoms with Crippen LogP contribution >= 0.6 is 0 Å². The molecule has 1 aromatic carbocycles. The maximum absolute atomic E-state index is 12.8. The van der Waals surface area contributed by atoms with Crippen LogP contribution in [0.2, 0.25) is 0 Å². The summed E-state index contributed by atoms with van der Waals surface area (Å²) in [5.74, 6) is -1.23. The van der Waals surface area contributed by atoms with E-state index < -0.39 is 21.2 Å². The number of carboxylic acid groups (broad SMARTS) is 1. The molecule has 0 saturated carbocycles. The minimum Gasteiger partial charge on any atom is -0.481 e. The summed E-state index contributed by atoms with van der Waals surface area (Å²) in [4.78, 5) is 25.7. The predicted octanol–water partition coefficient (Wildman–Crippen LogP) is 1.59. The third kappa shape index (κ3) is 3.39. The second-order valence-electron chi connectivity index (χ2n) is 6.29. The normalized spacial score (nSPS) is 21.4. The molecule has 7 heteroatoms. The Bertz CT molecular complexity index is 756. The number of benzene rings is 1. The molecule has 1 heterocycles. The molecular weight excluding hydrogens is 318 g/mol. The van der Waals surface area contributed by atoms with Crippen molar-refractivity contribution >= 4 is 21.7 Å². The quantitative estimate of drug-likeness (QED) is 0.899. The molecule has 6 nitrogen and oxygen atoms in total. The molecule has 23 heavy (non-hydrogen) atoms. The molecule has 1 unspecified atom stereocenters. The van der Waals surface area contributed by atoms with Crippen LogP contribution in [-0.4, -0.2) is 49.6 Å². The molecule has 1 aliphatic heterocycles. The van der Waals surface area contributed by atoms with Crippen molar-refractivity contribution in [2.24, 2.45) is 5.41 Å². The number of carboxylic acids is 1. The van der Waals surface area contributed by atoms with Crippen LogP contribution in [0.15, 0.2) is 23.1 Å². The van der Waals surface area contributed by atoms with Gasteiger partial charge in [-0.15, -0.1) is 0 Å². The number of nitrogens with zero attached hydrogens (tertiary/aromatic N) is 1. The number of aryl methyl sites for hydroxylation is 1.